The maximum Gasteiger partial charge on any atom is 0.327 e. The Morgan fingerprint density at radius 1 is 1.07 bits per heavy atom. The molecule has 3 saturated heterocycles. The second kappa shape index (κ2) is 7.41. The number of likely N-dealkylation sites (N-methyl/N-ethyl adjacent to an activating group) is 1. The molecule has 3 aliphatic rings. The van der Waals surface area contributed by atoms with E-state index in [0.717, 1.165) is 5.56 Å². The molecule has 0 bridgehead atoms. The highest BCUT2D eigenvalue weighted by atomic mass is 16.6. The normalized spacial score (nSPS) is 25.9. The average Bonchev–Trinajstić information content (AvgIpc) is 3.20. The van der Waals surface area contributed by atoms with Gasteiger partial charge in [-0.3, -0.25) is 19.3 Å². The van der Waals surface area contributed by atoms with Gasteiger partial charge < -0.3 is 14.5 Å². The second-order valence-corrected chi connectivity index (χ2v) is 8.43. The van der Waals surface area contributed by atoms with E-state index in [9.17, 15) is 19.2 Å². The Kier molecular flexibility index (Phi) is 5.03. The minimum Gasteiger partial charge on any atom is -0.449 e. The van der Waals surface area contributed by atoms with Gasteiger partial charge in [-0.15, -0.1) is 0 Å². The Labute approximate surface area is 175 Å². The molecule has 8 heteroatoms. The molecular weight excluding hydrogens is 386 g/mol. The maximum absolute atomic E-state index is 13.3. The van der Waals surface area contributed by atoms with Crippen molar-refractivity contribution in [3.63, 3.8) is 0 Å². The molecule has 3 heterocycles. The number of likely N-dealkylation sites (tertiary alicyclic amines) is 1. The molecule has 0 aliphatic carbocycles. The van der Waals surface area contributed by atoms with Crippen molar-refractivity contribution >= 4 is 23.8 Å². The number of ether oxygens (including phenoxy) is 1. The van der Waals surface area contributed by atoms with Crippen LogP contribution in [0.3, 0.4) is 0 Å². The third-order valence-electron chi connectivity index (χ3n) is 6.60. The fraction of sp³-hybridized carbons (Fsp3) is 0.545. The number of imide groups is 1. The largest absolute Gasteiger partial charge is 0.449 e. The Balaban J connectivity index is 1.54. The van der Waals surface area contributed by atoms with E-state index >= 15 is 0 Å². The third-order valence-corrected chi connectivity index (χ3v) is 6.60. The molecule has 1 aromatic rings. The lowest BCUT2D eigenvalue weighted by Crippen LogP contribution is -2.59. The first-order valence-corrected chi connectivity index (χ1v) is 10.5. The fourth-order valence-corrected chi connectivity index (χ4v) is 4.79. The van der Waals surface area contributed by atoms with Crippen LogP contribution in [-0.2, 0) is 25.7 Å². The van der Waals surface area contributed by atoms with E-state index in [1.807, 2.05) is 30.3 Å². The zero-order valence-electron chi connectivity index (χ0n) is 17.4. The van der Waals surface area contributed by atoms with Crippen molar-refractivity contribution in [1.82, 2.24) is 14.7 Å². The molecule has 1 unspecified atom stereocenters. The van der Waals surface area contributed by atoms with E-state index in [2.05, 4.69) is 0 Å². The van der Waals surface area contributed by atoms with Gasteiger partial charge in [-0.25, -0.2) is 4.79 Å². The van der Waals surface area contributed by atoms with Crippen molar-refractivity contribution in [3.05, 3.63) is 35.9 Å². The van der Waals surface area contributed by atoms with Crippen LogP contribution in [0.4, 0.5) is 4.79 Å². The summed E-state index contributed by atoms with van der Waals surface area (Å²) in [4.78, 5) is 55.4. The number of rotatable bonds is 4. The molecular formula is C22H27N3O5. The monoisotopic (exact) mass is 413 g/mol. The van der Waals surface area contributed by atoms with Gasteiger partial charge in [0.15, 0.2) is 5.60 Å². The molecule has 0 radical (unpaired) electrons. The van der Waals surface area contributed by atoms with Gasteiger partial charge in [-0.1, -0.05) is 30.3 Å². The van der Waals surface area contributed by atoms with Gasteiger partial charge in [-0.05, 0) is 32.3 Å². The summed E-state index contributed by atoms with van der Waals surface area (Å²) in [5, 5.41) is 0. The number of urea groups is 1. The number of esters is 1. The number of hydrogen-bond donors (Lipinski definition) is 0. The van der Waals surface area contributed by atoms with Crippen molar-refractivity contribution in [1.29, 1.82) is 0 Å². The van der Waals surface area contributed by atoms with E-state index in [4.69, 9.17) is 4.74 Å². The predicted molar refractivity (Wildman–Crippen MR) is 107 cm³/mol. The number of amides is 4. The Morgan fingerprint density at radius 3 is 2.30 bits per heavy atom. The first-order chi connectivity index (χ1) is 14.3. The summed E-state index contributed by atoms with van der Waals surface area (Å²) in [6.07, 6.45) is 1.35. The average molecular weight is 413 g/mol. The smallest absolute Gasteiger partial charge is 0.327 e. The van der Waals surface area contributed by atoms with Crippen molar-refractivity contribution in [2.75, 3.05) is 19.6 Å². The molecule has 1 aromatic carbocycles. The van der Waals surface area contributed by atoms with Gasteiger partial charge in [0.05, 0.1) is 0 Å². The van der Waals surface area contributed by atoms with E-state index in [1.165, 1.54) is 4.90 Å². The van der Waals surface area contributed by atoms with Crippen LogP contribution in [0.25, 0.3) is 0 Å². The lowest BCUT2D eigenvalue weighted by molar-refractivity contribution is -0.164. The molecule has 8 nitrogen and oxygen atoms in total. The highest BCUT2D eigenvalue weighted by molar-refractivity contribution is 6.07. The summed E-state index contributed by atoms with van der Waals surface area (Å²) in [6.45, 7) is 4.80. The van der Waals surface area contributed by atoms with Gasteiger partial charge in [0.1, 0.15) is 5.54 Å². The van der Waals surface area contributed by atoms with E-state index in [-0.39, 0.29) is 30.2 Å². The molecule has 3 fully saturated rings. The number of carbonyl (C=O) groups excluding carboxylic acids is 4. The molecule has 4 amide bonds. The summed E-state index contributed by atoms with van der Waals surface area (Å²) >= 11 is 0. The second-order valence-electron chi connectivity index (χ2n) is 8.43. The predicted octanol–water partition coefficient (Wildman–Crippen LogP) is 1.93. The zero-order valence-corrected chi connectivity index (χ0v) is 17.4. The molecule has 1 atom stereocenters. The van der Waals surface area contributed by atoms with Crippen LogP contribution in [0, 0.1) is 0 Å². The summed E-state index contributed by atoms with van der Waals surface area (Å²) < 4.78 is 5.28. The Bertz CT molecular complexity index is 878. The van der Waals surface area contributed by atoms with Crippen LogP contribution in [0.2, 0.25) is 0 Å². The molecule has 3 aliphatic heterocycles. The molecule has 4 rings (SSSR count). The van der Waals surface area contributed by atoms with Crippen molar-refractivity contribution in [3.8, 4) is 0 Å². The lowest BCUT2D eigenvalue weighted by atomic mass is 9.84. The summed E-state index contributed by atoms with van der Waals surface area (Å²) in [7, 11) is 0. The minimum atomic E-state index is -1.13. The van der Waals surface area contributed by atoms with Crippen LogP contribution in [0.15, 0.2) is 30.3 Å². The summed E-state index contributed by atoms with van der Waals surface area (Å²) in [5.74, 6) is -0.762. The first-order valence-electron chi connectivity index (χ1n) is 10.5. The molecule has 0 aromatic heterocycles. The number of cyclic esters (lactones) is 1. The number of piperidine rings is 1. The van der Waals surface area contributed by atoms with Crippen molar-refractivity contribution < 1.29 is 23.9 Å². The SMILES string of the molecule is CCN1C(=O)N(Cc2ccccc2)C2(CCN(C(=O)C3(C)CCC(=O)O3)CC2)C1=O. The zero-order chi connectivity index (χ0) is 21.5. The number of hydrogen-bond acceptors (Lipinski definition) is 5. The summed E-state index contributed by atoms with van der Waals surface area (Å²) in [6, 6.07) is 9.33. The molecule has 0 saturated carbocycles. The van der Waals surface area contributed by atoms with E-state index in [0.29, 0.717) is 45.4 Å². The van der Waals surface area contributed by atoms with Gasteiger partial charge >= 0.3 is 12.0 Å². The van der Waals surface area contributed by atoms with Crippen LogP contribution >= 0.6 is 0 Å². The minimum absolute atomic E-state index is 0.184. The standard InChI is InChI=1S/C22H27N3O5/c1-3-24-19(28)22(25(20(24)29)15-16-7-5-4-6-8-16)11-13-23(14-12-22)18(27)21(2)10-9-17(26)30-21/h4-8H,3,9-15H2,1-2H3. The van der Waals surface area contributed by atoms with E-state index in [1.54, 1.807) is 23.6 Å². The number of carbonyl (C=O) groups is 4. The van der Waals surface area contributed by atoms with Crippen LogP contribution in [-0.4, -0.2) is 69.3 Å². The quantitative estimate of drug-likeness (QED) is 0.556. The van der Waals surface area contributed by atoms with Gasteiger partial charge in [-0.2, -0.15) is 0 Å². The Morgan fingerprint density at radius 2 is 1.73 bits per heavy atom. The van der Waals surface area contributed by atoms with Gasteiger partial charge in [0, 0.05) is 39.0 Å². The molecule has 160 valence electrons. The highest BCUT2D eigenvalue weighted by Gasteiger charge is 2.58. The first kappa shape index (κ1) is 20.4. The number of nitrogens with zero attached hydrogens (tertiary/aromatic N) is 3. The highest BCUT2D eigenvalue weighted by Crippen LogP contribution is 2.39. The lowest BCUT2D eigenvalue weighted by Gasteiger charge is -2.43. The van der Waals surface area contributed by atoms with E-state index < -0.39 is 11.1 Å². The maximum atomic E-state index is 13.3. The van der Waals surface area contributed by atoms with Gasteiger partial charge in [0.25, 0.3) is 11.8 Å². The molecule has 0 N–H and O–H groups in total. The summed E-state index contributed by atoms with van der Waals surface area (Å²) in [5.41, 5.74) is -1.11. The third kappa shape index (κ3) is 3.14. The van der Waals surface area contributed by atoms with Crippen LogP contribution < -0.4 is 0 Å². The molecule has 1 spiro atoms. The molecule has 30 heavy (non-hydrogen) atoms. The van der Waals surface area contributed by atoms with Gasteiger partial charge in [0.2, 0.25) is 0 Å². The fourth-order valence-electron chi connectivity index (χ4n) is 4.79. The van der Waals surface area contributed by atoms with Crippen molar-refractivity contribution in [2.24, 2.45) is 0 Å². The van der Waals surface area contributed by atoms with Crippen molar-refractivity contribution in [2.45, 2.75) is 57.2 Å². The number of benzene rings is 1. The topological polar surface area (TPSA) is 87.2 Å². The van der Waals surface area contributed by atoms with Crippen LogP contribution in [0.5, 0.6) is 0 Å². The van der Waals surface area contributed by atoms with Crippen LogP contribution in [0.1, 0.15) is 45.1 Å². The Hall–Kier alpha value is -2.90.